The fourth-order valence-corrected chi connectivity index (χ4v) is 1.78. The molecule has 2 amide bonds. The predicted octanol–water partition coefficient (Wildman–Crippen LogP) is 3.16. The van der Waals surface area contributed by atoms with Gasteiger partial charge in [-0.3, -0.25) is 4.98 Å². The van der Waals surface area contributed by atoms with Gasteiger partial charge in [-0.2, -0.15) is 0 Å². The molecule has 0 saturated heterocycles. The van der Waals surface area contributed by atoms with Crippen molar-refractivity contribution in [3.8, 4) is 0 Å². The van der Waals surface area contributed by atoms with Crippen LogP contribution in [-0.4, -0.2) is 17.6 Å². The summed E-state index contributed by atoms with van der Waals surface area (Å²) >= 11 is 0. The standard InChI is InChI=1S/C14H17N3O/c1-2-3-8-16-14(18)17-13-6-4-5-11-10-15-9-7-12(11)13/h4-7,9-10H,2-3,8H2,1H3,(H2,16,17,18). The van der Waals surface area contributed by atoms with Gasteiger partial charge in [0.25, 0.3) is 0 Å². The maximum Gasteiger partial charge on any atom is 0.319 e. The highest BCUT2D eigenvalue weighted by Crippen LogP contribution is 2.21. The summed E-state index contributed by atoms with van der Waals surface area (Å²) in [6.07, 6.45) is 5.57. The summed E-state index contributed by atoms with van der Waals surface area (Å²) in [4.78, 5) is 15.8. The summed E-state index contributed by atoms with van der Waals surface area (Å²) in [7, 11) is 0. The molecule has 2 rings (SSSR count). The Hall–Kier alpha value is -2.10. The van der Waals surface area contributed by atoms with Crippen molar-refractivity contribution in [1.82, 2.24) is 10.3 Å². The zero-order chi connectivity index (χ0) is 12.8. The molecular formula is C14H17N3O. The molecule has 0 unspecified atom stereocenters. The van der Waals surface area contributed by atoms with Gasteiger partial charge in [-0.1, -0.05) is 25.5 Å². The third-order valence-electron chi connectivity index (χ3n) is 2.74. The Labute approximate surface area is 106 Å². The number of pyridine rings is 1. The number of hydrogen-bond donors (Lipinski definition) is 2. The second kappa shape index (κ2) is 6.00. The number of urea groups is 1. The lowest BCUT2D eigenvalue weighted by molar-refractivity contribution is 0.252. The minimum atomic E-state index is -0.159. The molecule has 2 N–H and O–H groups in total. The number of fused-ring (bicyclic) bond motifs is 1. The third kappa shape index (κ3) is 2.97. The fraction of sp³-hybridized carbons (Fsp3) is 0.286. The Balaban J connectivity index is 2.09. The highest BCUT2D eigenvalue weighted by Gasteiger charge is 2.04. The Bertz CT molecular complexity index is 534. The summed E-state index contributed by atoms with van der Waals surface area (Å²) < 4.78 is 0. The lowest BCUT2D eigenvalue weighted by Crippen LogP contribution is -2.29. The van der Waals surface area contributed by atoms with Crippen LogP contribution in [0.25, 0.3) is 10.8 Å². The van der Waals surface area contributed by atoms with Crippen LogP contribution in [0, 0.1) is 0 Å². The first-order valence-electron chi connectivity index (χ1n) is 6.19. The highest BCUT2D eigenvalue weighted by atomic mass is 16.2. The van der Waals surface area contributed by atoms with E-state index in [1.807, 2.05) is 24.3 Å². The lowest BCUT2D eigenvalue weighted by Gasteiger charge is -2.09. The minimum absolute atomic E-state index is 0.159. The quantitative estimate of drug-likeness (QED) is 0.810. The van der Waals surface area contributed by atoms with E-state index in [-0.39, 0.29) is 6.03 Å². The van der Waals surface area contributed by atoms with Crippen LogP contribution >= 0.6 is 0 Å². The molecule has 0 fully saturated rings. The lowest BCUT2D eigenvalue weighted by atomic mass is 10.1. The Morgan fingerprint density at radius 1 is 1.33 bits per heavy atom. The summed E-state index contributed by atoms with van der Waals surface area (Å²) in [5.74, 6) is 0. The van der Waals surface area contributed by atoms with E-state index < -0.39 is 0 Å². The van der Waals surface area contributed by atoms with Crippen LogP contribution < -0.4 is 10.6 Å². The molecule has 1 aromatic carbocycles. The average Bonchev–Trinajstić information content (AvgIpc) is 2.39. The zero-order valence-corrected chi connectivity index (χ0v) is 10.4. The largest absolute Gasteiger partial charge is 0.338 e. The highest BCUT2D eigenvalue weighted by molar-refractivity contribution is 6.01. The van der Waals surface area contributed by atoms with Gasteiger partial charge in [0.2, 0.25) is 0 Å². The van der Waals surface area contributed by atoms with Crippen LogP contribution in [0.15, 0.2) is 36.7 Å². The molecule has 18 heavy (non-hydrogen) atoms. The van der Waals surface area contributed by atoms with Crippen molar-refractivity contribution in [3.63, 3.8) is 0 Å². The minimum Gasteiger partial charge on any atom is -0.338 e. The number of anilines is 1. The number of carbonyl (C=O) groups is 1. The molecule has 0 radical (unpaired) electrons. The predicted molar refractivity (Wildman–Crippen MR) is 73.7 cm³/mol. The van der Waals surface area contributed by atoms with E-state index in [1.165, 1.54) is 0 Å². The zero-order valence-electron chi connectivity index (χ0n) is 10.4. The van der Waals surface area contributed by atoms with Gasteiger partial charge in [0.15, 0.2) is 0 Å². The SMILES string of the molecule is CCCCNC(=O)Nc1cccc2cnccc12. The number of nitrogens with zero attached hydrogens (tertiary/aromatic N) is 1. The third-order valence-corrected chi connectivity index (χ3v) is 2.74. The maximum atomic E-state index is 11.7. The number of nitrogens with one attached hydrogen (secondary N) is 2. The topological polar surface area (TPSA) is 54.0 Å². The molecule has 1 heterocycles. The molecule has 1 aromatic heterocycles. The number of carbonyl (C=O) groups excluding carboxylic acids is 1. The van der Waals surface area contributed by atoms with Crippen LogP contribution in [-0.2, 0) is 0 Å². The maximum absolute atomic E-state index is 11.7. The van der Waals surface area contributed by atoms with Crippen LogP contribution in [0.5, 0.6) is 0 Å². The van der Waals surface area contributed by atoms with Crippen molar-refractivity contribution in [2.75, 3.05) is 11.9 Å². The number of aromatic nitrogens is 1. The summed E-state index contributed by atoms with van der Waals surface area (Å²) in [6.45, 7) is 2.80. The smallest absolute Gasteiger partial charge is 0.319 e. The van der Waals surface area contributed by atoms with Crippen LogP contribution in [0.2, 0.25) is 0 Å². The van der Waals surface area contributed by atoms with Gasteiger partial charge < -0.3 is 10.6 Å². The van der Waals surface area contributed by atoms with Crippen LogP contribution in [0.4, 0.5) is 10.5 Å². The molecule has 0 aliphatic rings. The van der Waals surface area contributed by atoms with E-state index in [4.69, 9.17) is 0 Å². The normalized spacial score (nSPS) is 10.3. The van der Waals surface area contributed by atoms with Gasteiger partial charge in [0.1, 0.15) is 0 Å². The number of unbranched alkanes of at least 4 members (excludes halogenated alkanes) is 1. The van der Waals surface area contributed by atoms with Crippen molar-refractivity contribution in [3.05, 3.63) is 36.7 Å². The monoisotopic (exact) mass is 243 g/mol. The van der Waals surface area contributed by atoms with Gasteiger partial charge in [-0.25, -0.2) is 4.79 Å². The number of benzene rings is 1. The molecule has 2 aromatic rings. The van der Waals surface area contributed by atoms with Gasteiger partial charge in [0.05, 0.1) is 5.69 Å². The fourth-order valence-electron chi connectivity index (χ4n) is 1.78. The van der Waals surface area contributed by atoms with Crippen molar-refractivity contribution < 1.29 is 4.79 Å². The molecule has 0 saturated carbocycles. The first-order valence-corrected chi connectivity index (χ1v) is 6.19. The van der Waals surface area contributed by atoms with Gasteiger partial charge in [-0.15, -0.1) is 0 Å². The van der Waals surface area contributed by atoms with Crippen molar-refractivity contribution >= 4 is 22.5 Å². The second-order valence-corrected chi connectivity index (χ2v) is 4.14. The average molecular weight is 243 g/mol. The molecule has 0 aliphatic carbocycles. The van der Waals surface area contributed by atoms with Crippen molar-refractivity contribution in [2.24, 2.45) is 0 Å². The van der Waals surface area contributed by atoms with Gasteiger partial charge in [0, 0.05) is 29.7 Å². The van der Waals surface area contributed by atoms with Crippen molar-refractivity contribution in [2.45, 2.75) is 19.8 Å². The first kappa shape index (κ1) is 12.4. The van der Waals surface area contributed by atoms with E-state index in [0.29, 0.717) is 6.54 Å². The van der Waals surface area contributed by atoms with Gasteiger partial charge in [-0.05, 0) is 18.6 Å². The molecule has 4 heteroatoms. The second-order valence-electron chi connectivity index (χ2n) is 4.14. The summed E-state index contributed by atoms with van der Waals surface area (Å²) in [5, 5.41) is 7.71. The number of hydrogen-bond acceptors (Lipinski definition) is 2. The van der Waals surface area contributed by atoms with Crippen molar-refractivity contribution in [1.29, 1.82) is 0 Å². The summed E-state index contributed by atoms with van der Waals surface area (Å²) in [6, 6.07) is 7.51. The summed E-state index contributed by atoms with van der Waals surface area (Å²) in [5.41, 5.74) is 0.809. The number of rotatable bonds is 4. The van der Waals surface area contributed by atoms with E-state index >= 15 is 0 Å². The molecule has 0 spiro atoms. The van der Waals surface area contributed by atoms with E-state index in [9.17, 15) is 4.79 Å². The Morgan fingerprint density at radius 3 is 3.06 bits per heavy atom. The molecule has 0 aliphatic heterocycles. The molecule has 4 nitrogen and oxygen atoms in total. The molecule has 0 bridgehead atoms. The molecule has 94 valence electrons. The van der Waals surface area contributed by atoms with E-state index in [2.05, 4.69) is 22.5 Å². The van der Waals surface area contributed by atoms with E-state index in [1.54, 1.807) is 12.4 Å². The Kier molecular flexibility index (Phi) is 4.12. The van der Waals surface area contributed by atoms with Crippen LogP contribution in [0.3, 0.4) is 0 Å². The van der Waals surface area contributed by atoms with Gasteiger partial charge >= 0.3 is 6.03 Å². The first-order chi connectivity index (χ1) is 8.81. The molecular weight excluding hydrogens is 226 g/mol. The van der Waals surface area contributed by atoms with Crippen LogP contribution in [0.1, 0.15) is 19.8 Å². The Morgan fingerprint density at radius 2 is 2.22 bits per heavy atom. The molecule has 0 atom stereocenters. The van der Waals surface area contributed by atoms with E-state index in [0.717, 1.165) is 29.3 Å². The number of amides is 2.